The predicted octanol–water partition coefficient (Wildman–Crippen LogP) is 4.12. The molecule has 1 atom stereocenters. The maximum Gasteiger partial charge on any atom is 0.118 e. The van der Waals surface area contributed by atoms with E-state index in [-0.39, 0.29) is 0 Å². The Morgan fingerprint density at radius 2 is 1.47 bits per heavy atom. The van der Waals surface area contributed by atoms with E-state index < -0.39 is 9.83 Å². The van der Waals surface area contributed by atoms with E-state index in [1.54, 1.807) is 0 Å². The van der Waals surface area contributed by atoms with Crippen molar-refractivity contribution in [3.63, 3.8) is 0 Å². The molecule has 1 unspecified atom stereocenters. The molecule has 0 N–H and O–H groups in total. The van der Waals surface area contributed by atoms with Gasteiger partial charge in [0, 0.05) is 4.90 Å². The molecule has 0 aliphatic carbocycles. The van der Waals surface area contributed by atoms with Crippen LogP contribution in [0.3, 0.4) is 0 Å². The summed E-state index contributed by atoms with van der Waals surface area (Å²) in [6.45, 7) is 4.03. The highest BCUT2D eigenvalue weighted by atomic mass is 33.1. The molecule has 88 valence electrons. The lowest BCUT2D eigenvalue weighted by Crippen LogP contribution is -1.90. The lowest BCUT2D eigenvalue weighted by atomic mass is 10.2. The summed E-state index contributed by atoms with van der Waals surface area (Å²) in [5, 5.41) is 0. The highest BCUT2D eigenvalue weighted by molar-refractivity contribution is 8.69. The Balaban J connectivity index is 2.24. The minimum atomic E-state index is -1.04. The molecule has 3 heteroatoms. The molecule has 0 fully saturated rings. The quantitative estimate of drug-likeness (QED) is 0.774. The Kier molecular flexibility index (Phi) is 4.02. The number of hydrogen-bond donors (Lipinski definition) is 0. The molecular weight excluding hydrogens is 248 g/mol. The van der Waals surface area contributed by atoms with Crippen LogP contribution in [0.15, 0.2) is 58.3 Å². The average molecular weight is 262 g/mol. The van der Waals surface area contributed by atoms with E-state index in [1.807, 2.05) is 62.4 Å². The van der Waals surface area contributed by atoms with Gasteiger partial charge in [0.25, 0.3) is 0 Å². The van der Waals surface area contributed by atoms with Crippen molar-refractivity contribution in [3.8, 4) is 0 Å². The monoisotopic (exact) mass is 262 g/mol. The molecule has 0 aliphatic heterocycles. The zero-order chi connectivity index (χ0) is 12.3. The zero-order valence-corrected chi connectivity index (χ0v) is 11.5. The van der Waals surface area contributed by atoms with E-state index >= 15 is 0 Å². The Hall–Kier alpha value is -1.06. The molecule has 2 rings (SSSR count). The smallest absolute Gasteiger partial charge is 0.118 e. The van der Waals surface area contributed by atoms with E-state index in [4.69, 9.17) is 0 Å². The molecule has 0 amide bonds. The van der Waals surface area contributed by atoms with Gasteiger partial charge in [-0.3, -0.25) is 0 Å². The van der Waals surface area contributed by atoms with Crippen LogP contribution in [0.5, 0.6) is 0 Å². The molecule has 0 bridgehead atoms. The SMILES string of the molecule is Cc1ccccc1SS(=O)c1ccccc1C. The highest BCUT2D eigenvalue weighted by Crippen LogP contribution is 2.30. The average Bonchev–Trinajstić information content (AvgIpc) is 2.32. The summed E-state index contributed by atoms with van der Waals surface area (Å²) in [6, 6.07) is 15.8. The van der Waals surface area contributed by atoms with Gasteiger partial charge in [-0.25, -0.2) is 4.21 Å². The first kappa shape index (κ1) is 12.4. The van der Waals surface area contributed by atoms with Crippen LogP contribution in [0.4, 0.5) is 0 Å². The fraction of sp³-hybridized carbons (Fsp3) is 0.143. The minimum absolute atomic E-state index is 0.903. The van der Waals surface area contributed by atoms with Crippen molar-refractivity contribution in [2.24, 2.45) is 0 Å². The van der Waals surface area contributed by atoms with Crippen molar-refractivity contribution in [1.82, 2.24) is 0 Å². The first-order chi connectivity index (χ1) is 8.18. The van der Waals surface area contributed by atoms with Crippen molar-refractivity contribution >= 4 is 20.6 Å². The summed E-state index contributed by atoms with van der Waals surface area (Å²) in [7, 11) is 0.370. The minimum Gasteiger partial charge on any atom is -0.242 e. The fourth-order valence-corrected chi connectivity index (χ4v) is 4.51. The van der Waals surface area contributed by atoms with Gasteiger partial charge >= 0.3 is 0 Å². The summed E-state index contributed by atoms with van der Waals surface area (Å²) >= 11 is 0. The van der Waals surface area contributed by atoms with Gasteiger partial charge in [-0.05, 0) is 47.9 Å². The lowest BCUT2D eigenvalue weighted by molar-refractivity contribution is 0.691. The molecule has 2 aromatic carbocycles. The van der Waals surface area contributed by atoms with Crippen LogP contribution in [0.2, 0.25) is 0 Å². The van der Waals surface area contributed by atoms with E-state index in [2.05, 4.69) is 0 Å². The fourth-order valence-electron chi connectivity index (χ4n) is 1.52. The van der Waals surface area contributed by atoms with Crippen molar-refractivity contribution in [2.45, 2.75) is 23.6 Å². The second kappa shape index (κ2) is 5.52. The molecular formula is C14H14OS2. The maximum absolute atomic E-state index is 12.3. The van der Waals surface area contributed by atoms with Gasteiger partial charge in [-0.2, -0.15) is 0 Å². The largest absolute Gasteiger partial charge is 0.242 e. The van der Waals surface area contributed by atoms with Gasteiger partial charge in [0.05, 0.1) is 4.90 Å². The lowest BCUT2D eigenvalue weighted by Gasteiger charge is -2.06. The van der Waals surface area contributed by atoms with Crippen molar-refractivity contribution < 1.29 is 4.21 Å². The highest BCUT2D eigenvalue weighted by Gasteiger charge is 2.09. The van der Waals surface area contributed by atoms with Gasteiger partial charge in [0.15, 0.2) is 0 Å². The second-order valence-corrected chi connectivity index (χ2v) is 6.77. The second-order valence-electron chi connectivity index (χ2n) is 3.85. The van der Waals surface area contributed by atoms with Gasteiger partial charge in [0.2, 0.25) is 0 Å². The standard InChI is InChI=1S/C14H14OS2/c1-11-7-3-5-9-13(11)16-17(15)14-10-6-4-8-12(14)2/h3-10H,1-2H3. The van der Waals surface area contributed by atoms with Crippen LogP contribution in [-0.2, 0) is 9.83 Å². The molecule has 0 spiro atoms. The third kappa shape index (κ3) is 2.99. The number of rotatable bonds is 3. The molecule has 1 nitrogen and oxygen atoms in total. The molecule has 0 saturated heterocycles. The van der Waals surface area contributed by atoms with Crippen molar-refractivity contribution in [2.75, 3.05) is 0 Å². The van der Waals surface area contributed by atoms with E-state index in [0.717, 1.165) is 15.4 Å². The Bertz CT molecular complexity index is 549. The summed E-state index contributed by atoms with van der Waals surface area (Å²) in [4.78, 5) is 1.98. The Labute approximate surface area is 108 Å². The van der Waals surface area contributed by atoms with Gasteiger partial charge in [0.1, 0.15) is 9.83 Å². The normalized spacial score (nSPS) is 12.4. The van der Waals surface area contributed by atoms with E-state index in [0.29, 0.717) is 0 Å². The molecule has 2 aromatic rings. The summed E-state index contributed by atoms with van der Waals surface area (Å²) < 4.78 is 12.3. The molecule has 0 aliphatic rings. The summed E-state index contributed by atoms with van der Waals surface area (Å²) in [6.07, 6.45) is 0. The van der Waals surface area contributed by atoms with E-state index in [1.165, 1.54) is 16.4 Å². The molecule has 0 radical (unpaired) electrons. The molecule has 17 heavy (non-hydrogen) atoms. The number of benzene rings is 2. The van der Waals surface area contributed by atoms with E-state index in [9.17, 15) is 4.21 Å². The van der Waals surface area contributed by atoms with Crippen molar-refractivity contribution in [3.05, 3.63) is 59.7 Å². The van der Waals surface area contributed by atoms with Crippen LogP contribution in [-0.4, -0.2) is 4.21 Å². The predicted molar refractivity (Wildman–Crippen MR) is 74.6 cm³/mol. The summed E-state index contributed by atoms with van der Waals surface area (Å²) in [5.74, 6) is 0. The Morgan fingerprint density at radius 3 is 2.12 bits per heavy atom. The van der Waals surface area contributed by atoms with Crippen LogP contribution in [0, 0.1) is 13.8 Å². The first-order valence-electron chi connectivity index (χ1n) is 5.40. The first-order valence-corrected chi connectivity index (χ1v) is 7.88. The number of aryl methyl sites for hydroxylation is 2. The van der Waals surface area contributed by atoms with Crippen LogP contribution < -0.4 is 0 Å². The van der Waals surface area contributed by atoms with Gasteiger partial charge in [-0.1, -0.05) is 36.4 Å². The third-order valence-electron chi connectivity index (χ3n) is 2.53. The molecule has 0 aromatic heterocycles. The molecule has 0 saturated carbocycles. The number of hydrogen-bond acceptors (Lipinski definition) is 2. The van der Waals surface area contributed by atoms with Crippen molar-refractivity contribution in [1.29, 1.82) is 0 Å². The summed E-state index contributed by atoms with van der Waals surface area (Å²) in [5.41, 5.74) is 2.24. The Morgan fingerprint density at radius 1 is 0.882 bits per heavy atom. The molecule has 0 heterocycles. The van der Waals surface area contributed by atoms with Crippen LogP contribution in [0.25, 0.3) is 0 Å². The van der Waals surface area contributed by atoms with Crippen LogP contribution in [0.1, 0.15) is 11.1 Å². The topological polar surface area (TPSA) is 17.1 Å². The maximum atomic E-state index is 12.3. The zero-order valence-electron chi connectivity index (χ0n) is 9.84. The van der Waals surface area contributed by atoms with Gasteiger partial charge in [-0.15, -0.1) is 0 Å². The van der Waals surface area contributed by atoms with Crippen LogP contribution >= 0.6 is 10.8 Å². The third-order valence-corrected chi connectivity index (χ3v) is 5.67. The van der Waals surface area contributed by atoms with Gasteiger partial charge < -0.3 is 0 Å².